The van der Waals surface area contributed by atoms with Crippen LogP contribution in [-0.4, -0.2) is 31.2 Å². The van der Waals surface area contributed by atoms with Gasteiger partial charge in [0.25, 0.3) is 0 Å². The Hall–Kier alpha value is -1.36. The molecule has 0 saturated heterocycles. The van der Waals surface area contributed by atoms with Crippen molar-refractivity contribution in [2.45, 2.75) is 37.0 Å². The number of halogens is 2. The molecule has 3 atom stereocenters. The maximum Gasteiger partial charge on any atom is 0.338 e. The fourth-order valence-corrected chi connectivity index (χ4v) is 3.01. The molecule has 22 heavy (non-hydrogen) atoms. The van der Waals surface area contributed by atoms with Gasteiger partial charge in [0, 0.05) is 4.90 Å². The lowest BCUT2D eigenvalue weighted by Crippen LogP contribution is -2.08. The van der Waals surface area contributed by atoms with Crippen LogP contribution >= 0.6 is 11.8 Å². The molecule has 5 heteroatoms. The Morgan fingerprint density at radius 1 is 1.27 bits per heavy atom. The number of hydrogen-bond donors (Lipinski definition) is 0. The first-order valence-electron chi connectivity index (χ1n) is 7.36. The Morgan fingerprint density at radius 3 is 2.36 bits per heavy atom. The van der Waals surface area contributed by atoms with Crippen LogP contribution in [0, 0.1) is 5.92 Å². The molecule has 2 nitrogen and oxygen atoms in total. The normalized spacial score (nSPS) is 25.3. The summed E-state index contributed by atoms with van der Waals surface area (Å²) in [6.07, 6.45) is 0.989. The average molecular weight is 326 g/mol. The molecule has 1 aliphatic rings. The Bertz CT molecular complexity index is 532. The predicted molar refractivity (Wildman–Crippen MR) is 85.3 cm³/mol. The number of hydrogen-bond acceptors (Lipinski definition) is 3. The molecular formula is C17H20F2O2S. The highest BCUT2D eigenvalue weighted by Gasteiger charge is 2.34. The number of alkyl halides is 2. The van der Waals surface area contributed by atoms with Crippen molar-refractivity contribution in [3.05, 3.63) is 35.9 Å². The van der Waals surface area contributed by atoms with Crippen molar-refractivity contribution < 1.29 is 18.3 Å². The lowest BCUT2D eigenvalue weighted by atomic mass is 9.98. The van der Waals surface area contributed by atoms with Crippen LogP contribution in [0.25, 0.3) is 5.57 Å². The van der Waals surface area contributed by atoms with Gasteiger partial charge in [-0.1, -0.05) is 18.2 Å². The number of carbonyl (C=O) groups is 1. The van der Waals surface area contributed by atoms with Gasteiger partial charge in [-0.2, -0.15) is 0 Å². The number of carbonyl (C=O) groups excluding carboxylic acids is 1. The molecule has 0 spiro atoms. The minimum atomic E-state index is -1.44. The molecule has 0 aliphatic heterocycles. The zero-order valence-electron chi connectivity index (χ0n) is 12.7. The molecule has 1 aromatic rings. The van der Waals surface area contributed by atoms with E-state index in [-0.39, 0.29) is 25.4 Å². The first kappa shape index (κ1) is 17.0. The third-order valence-electron chi connectivity index (χ3n) is 3.75. The molecule has 0 unspecified atom stereocenters. The summed E-state index contributed by atoms with van der Waals surface area (Å²) >= 11 is 1.61. The molecule has 0 radical (unpaired) electrons. The van der Waals surface area contributed by atoms with Gasteiger partial charge < -0.3 is 4.74 Å². The number of ether oxygens (including phenoxy) is 1. The smallest absolute Gasteiger partial charge is 0.338 e. The van der Waals surface area contributed by atoms with Gasteiger partial charge in [0.1, 0.15) is 12.3 Å². The SMILES string of the molecule is CCOC(=O)/C(=C/[C@H]1C[C@@H](F)[C@@H](F)C1)c1ccc(SC)cc1. The molecule has 1 saturated carbocycles. The Morgan fingerprint density at radius 2 is 1.86 bits per heavy atom. The van der Waals surface area contributed by atoms with Crippen LogP contribution in [0.1, 0.15) is 25.3 Å². The summed E-state index contributed by atoms with van der Waals surface area (Å²) in [5.74, 6) is -0.721. The number of benzene rings is 1. The summed E-state index contributed by atoms with van der Waals surface area (Å²) < 4.78 is 31.8. The average Bonchev–Trinajstić information content (AvgIpc) is 2.83. The Labute approximate surface area is 133 Å². The second kappa shape index (κ2) is 7.77. The zero-order chi connectivity index (χ0) is 16.1. The van der Waals surface area contributed by atoms with E-state index in [9.17, 15) is 13.6 Å². The van der Waals surface area contributed by atoms with Crippen molar-refractivity contribution in [1.29, 1.82) is 0 Å². The highest BCUT2D eigenvalue weighted by Crippen LogP contribution is 2.34. The molecule has 0 amide bonds. The molecular weight excluding hydrogens is 306 g/mol. The number of thioether (sulfide) groups is 1. The van der Waals surface area contributed by atoms with Crippen molar-refractivity contribution in [2.24, 2.45) is 5.92 Å². The maximum atomic E-state index is 13.3. The van der Waals surface area contributed by atoms with Gasteiger partial charge in [-0.05, 0) is 49.6 Å². The molecule has 120 valence electrons. The van der Waals surface area contributed by atoms with Gasteiger partial charge in [-0.15, -0.1) is 11.8 Å². The third-order valence-corrected chi connectivity index (χ3v) is 4.49. The second-order valence-electron chi connectivity index (χ2n) is 5.29. The highest BCUT2D eigenvalue weighted by atomic mass is 32.2. The number of rotatable bonds is 5. The first-order chi connectivity index (χ1) is 10.5. The molecule has 0 heterocycles. The van der Waals surface area contributed by atoms with Crippen LogP contribution in [0.3, 0.4) is 0 Å². The van der Waals surface area contributed by atoms with Crippen LogP contribution in [-0.2, 0) is 9.53 Å². The topological polar surface area (TPSA) is 26.3 Å². The lowest BCUT2D eigenvalue weighted by molar-refractivity contribution is -0.136. The zero-order valence-corrected chi connectivity index (χ0v) is 13.5. The van der Waals surface area contributed by atoms with E-state index in [2.05, 4.69) is 0 Å². The molecule has 0 aromatic heterocycles. The highest BCUT2D eigenvalue weighted by molar-refractivity contribution is 7.98. The molecule has 2 rings (SSSR count). The van der Waals surface area contributed by atoms with E-state index in [1.54, 1.807) is 24.8 Å². The lowest BCUT2D eigenvalue weighted by Gasteiger charge is -2.11. The van der Waals surface area contributed by atoms with E-state index in [0.29, 0.717) is 11.1 Å². The Kier molecular flexibility index (Phi) is 6.00. The van der Waals surface area contributed by atoms with Crippen LogP contribution in [0.2, 0.25) is 0 Å². The molecule has 1 aliphatic carbocycles. The van der Waals surface area contributed by atoms with Gasteiger partial charge in [-0.3, -0.25) is 0 Å². The quantitative estimate of drug-likeness (QED) is 0.454. The van der Waals surface area contributed by atoms with Gasteiger partial charge in [0.15, 0.2) is 0 Å². The standard InChI is InChI=1S/C17H20F2O2S/c1-3-21-17(20)14(8-11-9-15(18)16(19)10-11)12-4-6-13(22-2)7-5-12/h4-8,11,15-16H,3,9-10H2,1-2H3/b14-8+/t11-,15+,16-. The van der Waals surface area contributed by atoms with E-state index in [0.717, 1.165) is 4.90 Å². The van der Waals surface area contributed by atoms with E-state index < -0.39 is 18.3 Å². The maximum absolute atomic E-state index is 13.3. The van der Waals surface area contributed by atoms with Crippen LogP contribution in [0.5, 0.6) is 0 Å². The third kappa shape index (κ3) is 4.09. The van der Waals surface area contributed by atoms with E-state index in [1.807, 2.05) is 30.5 Å². The van der Waals surface area contributed by atoms with Gasteiger partial charge >= 0.3 is 5.97 Å². The van der Waals surface area contributed by atoms with Crippen molar-refractivity contribution in [3.8, 4) is 0 Å². The molecule has 0 bridgehead atoms. The minimum Gasteiger partial charge on any atom is -0.462 e. The summed E-state index contributed by atoms with van der Waals surface area (Å²) in [5.41, 5.74) is 1.11. The number of allylic oxidation sites excluding steroid dienone is 1. The van der Waals surface area contributed by atoms with E-state index in [4.69, 9.17) is 4.74 Å². The van der Waals surface area contributed by atoms with Crippen molar-refractivity contribution in [2.75, 3.05) is 12.9 Å². The van der Waals surface area contributed by atoms with Crippen molar-refractivity contribution >= 4 is 23.3 Å². The largest absolute Gasteiger partial charge is 0.462 e. The Balaban J connectivity index is 2.27. The summed E-state index contributed by atoms with van der Waals surface area (Å²) in [7, 11) is 0. The van der Waals surface area contributed by atoms with Gasteiger partial charge in [0.05, 0.1) is 12.2 Å². The van der Waals surface area contributed by atoms with Crippen molar-refractivity contribution in [1.82, 2.24) is 0 Å². The van der Waals surface area contributed by atoms with Crippen molar-refractivity contribution in [3.63, 3.8) is 0 Å². The molecule has 1 aromatic carbocycles. The fourth-order valence-electron chi connectivity index (χ4n) is 2.60. The number of esters is 1. The van der Waals surface area contributed by atoms with Gasteiger partial charge in [0.2, 0.25) is 0 Å². The second-order valence-corrected chi connectivity index (χ2v) is 6.17. The monoisotopic (exact) mass is 326 g/mol. The van der Waals surface area contributed by atoms with E-state index >= 15 is 0 Å². The summed E-state index contributed by atoms with van der Waals surface area (Å²) in [6, 6.07) is 7.50. The van der Waals surface area contributed by atoms with Crippen LogP contribution in [0.15, 0.2) is 35.2 Å². The van der Waals surface area contributed by atoms with Gasteiger partial charge in [-0.25, -0.2) is 13.6 Å². The molecule has 0 N–H and O–H groups in total. The first-order valence-corrected chi connectivity index (χ1v) is 8.59. The summed E-state index contributed by atoms with van der Waals surface area (Å²) in [4.78, 5) is 13.2. The summed E-state index contributed by atoms with van der Waals surface area (Å²) in [5, 5.41) is 0. The molecule has 1 fully saturated rings. The van der Waals surface area contributed by atoms with Crippen LogP contribution in [0.4, 0.5) is 8.78 Å². The minimum absolute atomic E-state index is 0.118. The summed E-state index contributed by atoms with van der Waals surface area (Å²) in [6.45, 7) is 2.00. The predicted octanol–water partition coefficient (Wildman–Crippen LogP) is 4.44. The van der Waals surface area contributed by atoms with Crippen LogP contribution < -0.4 is 0 Å². The fraction of sp³-hybridized carbons (Fsp3) is 0.471. The van der Waals surface area contributed by atoms with E-state index in [1.165, 1.54) is 0 Å².